The zero-order valence-electron chi connectivity index (χ0n) is 10.0. The van der Waals surface area contributed by atoms with Crippen LogP contribution in [-0.2, 0) is 0 Å². The molecule has 1 amide bonds. The summed E-state index contributed by atoms with van der Waals surface area (Å²) in [5.74, 6) is -0.642. The molecule has 0 saturated carbocycles. The van der Waals surface area contributed by atoms with Crippen molar-refractivity contribution in [1.29, 1.82) is 0 Å². The van der Waals surface area contributed by atoms with E-state index in [0.29, 0.717) is 0 Å². The van der Waals surface area contributed by atoms with E-state index in [1.807, 2.05) is 11.4 Å². The Bertz CT molecular complexity index is 734. The van der Waals surface area contributed by atoms with Gasteiger partial charge in [0.1, 0.15) is 5.02 Å². The molecule has 5 nitrogen and oxygen atoms in total. The second-order valence-electron chi connectivity index (χ2n) is 3.66. The van der Waals surface area contributed by atoms with E-state index in [9.17, 15) is 4.79 Å². The highest BCUT2D eigenvalue weighted by atomic mass is 79.9. The number of amides is 1. The van der Waals surface area contributed by atoms with Crippen LogP contribution in [-0.4, -0.2) is 17.1 Å². The predicted octanol–water partition coefficient (Wildman–Crippen LogP) is 4.21. The lowest BCUT2D eigenvalue weighted by Gasteiger charge is -2.07. The van der Waals surface area contributed by atoms with Gasteiger partial charge in [-0.2, -0.15) is 5.10 Å². The van der Waals surface area contributed by atoms with Crippen molar-refractivity contribution < 1.29 is 4.79 Å². The number of carbonyl (C=O) groups excluding carboxylic acids is 1. The average molecular weight is 429 g/mol. The normalized spacial score (nSPS) is 11.0. The molecule has 0 aliphatic rings. The Hall–Kier alpha value is -0.860. The number of anilines is 1. The standard InChI is InChI=1S/C11H6BrCl3N4OS/c12-4-1-5(21-3-4)2-17-19-11(20)9-6(13)8(16)7(14)10(15)18-9/h1-3H,(H2,16,18)(H,19,20). The molecule has 2 aromatic heterocycles. The predicted molar refractivity (Wildman–Crippen MR) is 90.8 cm³/mol. The van der Waals surface area contributed by atoms with Crippen LogP contribution in [0.2, 0.25) is 15.2 Å². The maximum atomic E-state index is 11.9. The number of nitrogens with two attached hydrogens (primary N) is 1. The van der Waals surface area contributed by atoms with Crippen molar-refractivity contribution in [3.8, 4) is 0 Å². The van der Waals surface area contributed by atoms with Gasteiger partial charge in [-0.3, -0.25) is 4.79 Å². The molecule has 2 rings (SSSR count). The first kappa shape index (κ1) is 16.5. The average Bonchev–Trinajstić information content (AvgIpc) is 2.86. The minimum atomic E-state index is -0.642. The largest absolute Gasteiger partial charge is 0.396 e. The smallest absolute Gasteiger partial charge is 0.291 e. The van der Waals surface area contributed by atoms with Gasteiger partial charge in [0.15, 0.2) is 10.8 Å². The van der Waals surface area contributed by atoms with Crippen molar-refractivity contribution in [2.75, 3.05) is 5.73 Å². The summed E-state index contributed by atoms with van der Waals surface area (Å²) in [4.78, 5) is 16.6. The fourth-order valence-corrected chi connectivity index (χ4v) is 3.18. The van der Waals surface area contributed by atoms with E-state index in [4.69, 9.17) is 40.5 Å². The highest BCUT2D eigenvalue weighted by Crippen LogP contribution is 2.34. The van der Waals surface area contributed by atoms with Crippen LogP contribution in [0.3, 0.4) is 0 Å². The number of hydrazone groups is 1. The molecule has 0 aliphatic carbocycles. The van der Waals surface area contributed by atoms with Crippen LogP contribution in [0, 0.1) is 0 Å². The lowest BCUT2D eigenvalue weighted by molar-refractivity contribution is 0.0950. The molecule has 3 N–H and O–H groups in total. The van der Waals surface area contributed by atoms with Crippen molar-refractivity contribution in [3.63, 3.8) is 0 Å². The molecule has 0 fully saturated rings. The summed E-state index contributed by atoms with van der Waals surface area (Å²) in [6.45, 7) is 0. The summed E-state index contributed by atoms with van der Waals surface area (Å²) < 4.78 is 0.933. The molecule has 0 atom stereocenters. The second-order valence-corrected chi connectivity index (χ2v) is 6.63. The fourth-order valence-electron chi connectivity index (χ4n) is 1.29. The number of aromatic nitrogens is 1. The molecule has 2 heterocycles. The van der Waals surface area contributed by atoms with Crippen molar-refractivity contribution in [2.24, 2.45) is 5.10 Å². The van der Waals surface area contributed by atoms with Gasteiger partial charge in [0.05, 0.1) is 16.9 Å². The molecule has 10 heteroatoms. The number of pyridine rings is 1. The van der Waals surface area contributed by atoms with E-state index < -0.39 is 5.91 Å². The first-order chi connectivity index (χ1) is 9.90. The Morgan fingerprint density at radius 3 is 2.76 bits per heavy atom. The monoisotopic (exact) mass is 426 g/mol. The number of halogens is 4. The third kappa shape index (κ3) is 3.87. The third-order valence-corrected chi connectivity index (χ3v) is 5.00. The van der Waals surface area contributed by atoms with Gasteiger partial charge < -0.3 is 5.73 Å². The topological polar surface area (TPSA) is 80.4 Å². The quantitative estimate of drug-likeness (QED) is 0.437. The van der Waals surface area contributed by atoms with Crippen LogP contribution in [0.25, 0.3) is 0 Å². The van der Waals surface area contributed by atoms with Gasteiger partial charge in [0.2, 0.25) is 0 Å². The molecule has 2 aromatic rings. The Kier molecular flexibility index (Phi) is 5.45. The van der Waals surface area contributed by atoms with Crippen LogP contribution in [0.5, 0.6) is 0 Å². The number of carbonyl (C=O) groups is 1. The minimum absolute atomic E-state index is 0.00477. The summed E-state index contributed by atoms with van der Waals surface area (Å²) in [7, 11) is 0. The Morgan fingerprint density at radius 1 is 1.43 bits per heavy atom. The molecule has 0 unspecified atom stereocenters. The summed E-state index contributed by atoms with van der Waals surface area (Å²) in [5.41, 5.74) is 7.77. The third-order valence-electron chi connectivity index (χ3n) is 2.23. The van der Waals surface area contributed by atoms with E-state index in [0.717, 1.165) is 9.35 Å². The van der Waals surface area contributed by atoms with Gasteiger partial charge in [0.25, 0.3) is 5.91 Å². The van der Waals surface area contributed by atoms with Crippen molar-refractivity contribution >= 4 is 79.9 Å². The number of nitrogens with zero attached hydrogens (tertiary/aromatic N) is 2. The van der Waals surface area contributed by atoms with Gasteiger partial charge in [0, 0.05) is 14.7 Å². The van der Waals surface area contributed by atoms with Gasteiger partial charge in [-0.15, -0.1) is 11.3 Å². The molecule has 0 saturated heterocycles. The number of nitrogen functional groups attached to an aromatic ring is 1. The van der Waals surface area contributed by atoms with Gasteiger partial charge >= 0.3 is 0 Å². The lowest BCUT2D eigenvalue weighted by Crippen LogP contribution is -2.20. The van der Waals surface area contributed by atoms with Gasteiger partial charge in [-0.1, -0.05) is 34.8 Å². The van der Waals surface area contributed by atoms with E-state index in [1.165, 1.54) is 17.6 Å². The van der Waals surface area contributed by atoms with E-state index in [1.54, 1.807) is 0 Å². The molecule has 0 aliphatic heterocycles. The van der Waals surface area contributed by atoms with Crippen LogP contribution in [0.15, 0.2) is 21.0 Å². The summed E-state index contributed by atoms with van der Waals surface area (Å²) in [6.07, 6.45) is 1.49. The highest BCUT2D eigenvalue weighted by Gasteiger charge is 2.19. The number of rotatable bonds is 3. The summed E-state index contributed by atoms with van der Waals surface area (Å²) in [6, 6.07) is 1.85. The van der Waals surface area contributed by atoms with Gasteiger partial charge in [-0.05, 0) is 22.0 Å². The first-order valence-electron chi connectivity index (χ1n) is 5.27. The molecule has 21 heavy (non-hydrogen) atoms. The van der Waals surface area contributed by atoms with Crippen molar-refractivity contribution in [3.05, 3.63) is 41.7 Å². The van der Waals surface area contributed by atoms with Crippen LogP contribution in [0.1, 0.15) is 15.4 Å². The van der Waals surface area contributed by atoms with E-state index >= 15 is 0 Å². The van der Waals surface area contributed by atoms with Crippen molar-refractivity contribution in [1.82, 2.24) is 10.4 Å². The molecule has 0 bridgehead atoms. The van der Waals surface area contributed by atoms with E-state index in [2.05, 4.69) is 31.4 Å². The molecule has 0 spiro atoms. The Balaban J connectivity index is 2.16. The molecular weight excluding hydrogens is 422 g/mol. The fraction of sp³-hybridized carbons (Fsp3) is 0. The van der Waals surface area contributed by atoms with Gasteiger partial charge in [-0.25, -0.2) is 10.4 Å². The molecule has 0 radical (unpaired) electrons. The first-order valence-corrected chi connectivity index (χ1v) is 8.08. The SMILES string of the molecule is Nc1c(Cl)c(Cl)nc(C(=O)NN=Cc2cc(Br)cs2)c1Cl. The Labute approximate surface area is 147 Å². The minimum Gasteiger partial charge on any atom is -0.396 e. The Morgan fingerprint density at radius 2 is 2.14 bits per heavy atom. The van der Waals surface area contributed by atoms with Crippen molar-refractivity contribution in [2.45, 2.75) is 0 Å². The second kappa shape index (κ2) is 6.93. The van der Waals surface area contributed by atoms with Crippen LogP contribution < -0.4 is 11.2 Å². The number of hydrogen-bond donors (Lipinski definition) is 2. The maximum Gasteiger partial charge on any atom is 0.291 e. The highest BCUT2D eigenvalue weighted by molar-refractivity contribution is 9.10. The zero-order valence-corrected chi connectivity index (χ0v) is 14.7. The molecule has 0 aromatic carbocycles. The number of thiophene rings is 1. The van der Waals surface area contributed by atoms with Crippen LogP contribution >= 0.6 is 62.1 Å². The number of nitrogens with one attached hydrogen (secondary N) is 1. The van der Waals surface area contributed by atoms with E-state index in [-0.39, 0.29) is 26.6 Å². The summed E-state index contributed by atoms with van der Waals surface area (Å²) in [5, 5.41) is 5.52. The summed E-state index contributed by atoms with van der Waals surface area (Å²) >= 11 is 22.2. The van der Waals surface area contributed by atoms with Crippen LogP contribution in [0.4, 0.5) is 5.69 Å². The molecular formula is C11H6BrCl3N4OS. The zero-order chi connectivity index (χ0) is 15.6. The lowest BCUT2D eigenvalue weighted by atomic mass is 10.3. The molecule has 110 valence electrons. The number of hydrogen-bond acceptors (Lipinski definition) is 5. The maximum absolute atomic E-state index is 11.9.